The van der Waals surface area contributed by atoms with Crippen LogP contribution in [0.1, 0.15) is 45.2 Å². The van der Waals surface area contributed by atoms with Crippen LogP contribution in [0.5, 0.6) is 0 Å². The number of benzene rings is 1. The Balaban J connectivity index is 0.000000342. The average Bonchev–Trinajstić information content (AvgIpc) is 2.69. The molecular formula is C13H22N2. The van der Waals surface area contributed by atoms with E-state index in [1.807, 2.05) is 19.9 Å². The molecule has 1 heterocycles. The van der Waals surface area contributed by atoms with Crippen molar-refractivity contribution < 1.29 is 0 Å². The minimum absolute atomic E-state index is 0.761. The fourth-order valence-corrected chi connectivity index (χ4v) is 1.13. The van der Waals surface area contributed by atoms with Gasteiger partial charge in [0.1, 0.15) is 0 Å². The number of rotatable bonds is 0. The first kappa shape index (κ1) is 13.8. The van der Waals surface area contributed by atoms with Crippen LogP contribution in [0, 0.1) is 6.92 Å². The van der Waals surface area contributed by atoms with Crippen LogP contribution < -0.4 is 0 Å². The summed E-state index contributed by atoms with van der Waals surface area (Å²) in [5.41, 5.74) is 3.57. The molecule has 0 radical (unpaired) electrons. The molecule has 2 nitrogen and oxygen atoms in total. The second-order valence-electron chi connectivity index (χ2n) is 3.24. The van der Waals surface area contributed by atoms with Crippen molar-refractivity contribution in [1.29, 1.82) is 0 Å². The van der Waals surface area contributed by atoms with Gasteiger partial charge in [0.15, 0.2) is 0 Å². The monoisotopic (exact) mass is 206 g/mol. The fraction of sp³-hybridized carbons (Fsp3) is 0.538. The lowest BCUT2D eigenvalue weighted by Crippen LogP contribution is -1.77. The lowest BCUT2D eigenvalue weighted by atomic mass is 10.1. The molecule has 0 bridgehead atoms. The normalized spacial score (nSPS) is 10.7. The third-order valence-electron chi connectivity index (χ3n) is 1.65. The summed E-state index contributed by atoms with van der Waals surface area (Å²) < 4.78 is 0. The maximum Gasteiger partial charge on any atom is 0.0904 e. The number of hydrogen-bond donors (Lipinski definition) is 0. The molecule has 15 heavy (non-hydrogen) atoms. The van der Waals surface area contributed by atoms with Gasteiger partial charge in [0, 0.05) is 5.56 Å². The largest absolute Gasteiger partial charge is 0.184 e. The molecule has 84 valence electrons. The summed E-state index contributed by atoms with van der Waals surface area (Å²) in [7, 11) is 0. The highest BCUT2D eigenvalue weighted by Gasteiger charge is 2.05. The summed E-state index contributed by atoms with van der Waals surface area (Å²) in [6, 6.07) is 6.21. The summed E-state index contributed by atoms with van der Waals surface area (Å²) in [5, 5.41) is 7.88. The fourth-order valence-electron chi connectivity index (χ4n) is 1.13. The van der Waals surface area contributed by atoms with Gasteiger partial charge in [-0.3, -0.25) is 0 Å². The predicted octanol–water partition coefficient (Wildman–Crippen LogP) is 5.03. The van der Waals surface area contributed by atoms with Crippen LogP contribution in [0.3, 0.4) is 0 Å². The first-order valence-electron chi connectivity index (χ1n) is 5.75. The van der Waals surface area contributed by atoms with Gasteiger partial charge >= 0.3 is 0 Å². The molecule has 0 saturated carbocycles. The van der Waals surface area contributed by atoms with Gasteiger partial charge in [-0.15, -0.1) is 0 Å². The standard InChI is InChI=1S/C8H8N2.C3H8.C2H6/c1-6-2-3-8-7(4-6)5-9-10-8;1-3-2;1-2/h2-4H,5H2,1H3;3H2,1-2H3;1-2H3. The molecule has 0 unspecified atom stereocenters. The number of aryl methyl sites for hydroxylation is 1. The molecule has 1 aromatic rings. The topological polar surface area (TPSA) is 24.7 Å². The van der Waals surface area contributed by atoms with Crippen molar-refractivity contribution in [3.63, 3.8) is 0 Å². The van der Waals surface area contributed by atoms with Gasteiger partial charge in [-0.25, -0.2) is 0 Å². The first-order chi connectivity index (χ1) is 7.27. The molecule has 0 atom stereocenters. The molecule has 0 N–H and O–H groups in total. The van der Waals surface area contributed by atoms with Crippen LogP contribution in [-0.4, -0.2) is 0 Å². The molecule has 2 rings (SSSR count). The Bertz CT molecular complexity index is 303. The molecule has 2 heteroatoms. The Morgan fingerprint density at radius 3 is 2.40 bits per heavy atom. The van der Waals surface area contributed by atoms with Crippen molar-refractivity contribution in [2.45, 2.75) is 47.6 Å². The van der Waals surface area contributed by atoms with E-state index in [-0.39, 0.29) is 0 Å². The molecule has 0 saturated heterocycles. The highest BCUT2D eigenvalue weighted by molar-refractivity contribution is 5.48. The third kappa shape index (κ3) is 4.73. The van der Waals surface area contributed by atoms with Crippen molar-refractivity contribution >= 4 is 5.69 Å². The second-order valence-corrected chi connectivity index (χ2v) is 3.24. The van der Waals surface area contributed by atoms with E-state index >= 15 is 0 Å². The first-order valence-corrected chi connectivity index (χ1v) is 5.75. The van der Waals surface area contributed by atoms with Crippen LogP contribution >= 0.6 is 0 Å². The average molecular weight is 206 g/mol. The Morgan fingerprint density at radius 1 is 1.20 bits per heavy atom. The maximum absolute atomic E-state index is 3.97. The Morgan fingerprint density at radius 2 is 1.80 bits per heavy atom. The zero-order valence-electron chi connectivity index (χ0n) is 10.5. The molecule has 0 amide bonds. The molecular weight excluding hydrogens is 184 g/mol. The van der Waals surface area contributed by atoms with Gasteiger partial charge < -0.3 is 0 Å². The van der Waals surface area contributed by atoms with Gasteiger partial charge in [-0.2, -0.15) is 10.2 Å². The zero-order chi connectivity index (χ0) is 11.7. The van der Waals surface area contributed by atoms with E-state index < -0.39 is 0 Å². The molecule has 0 aromatic heterocycles. The molecule has 0 fully saturated rings. The minimum Gasteiger partial charge on any atom is -0.184 e. The SMILES string of the molecule is CC.CCC.Cc1ccc2c(c1)CN=N2. The molecule has 1 aliphatic rings. The third-order valence-corrected chi connectivity index (χ3v) is 1.65. The Labute approximate surface area is 93.4 Å². The van der Waals surface area contributed by atoms with E-state index in [0.717, 1.165) is 12.2 Å². The van der Waals surface area contributed by atoms with Crippen LogP contribution in [0.2, 0.25) is 0 Å². The van der Waals surface area contributed by atoms with E-state index in [1.54, 1.807) is 0 Å². The maximum atomic E-state index is 3.97. The molecule has 0 aliphatic carbocycles. The van der Waals surface area contributed by atoms with Crippen molar-refractivity contribution in [3.05, 3.63) is 29.3 Å². The van der Waals surface area contributed by atoms with Crippen molar-refractivity contribution in [2.75, 3.05) is 0 Å². The zero-order valence-corrected chi connectivity index (χ0v) is 10.5. The summed E-state index contributed by atoms with van der Waals surface area (Å²) in [6.07, 6.45) is 1.25. The highest BCUT2D eigenvalue weighted by atomic mass is 15.1. The van der Waals surface area contributed by atoms with Gasteiger partial charge in [0.2, 0.25) is 0 Å². The van der Waals surface area contributed by atoms with E-state index in [2.05, 4.69) is 43.1 Å². The van der Waals surface area contributed by atoms with E-state index in [4.69, 9.17) is 0 Å². The molecule has 1 aliphatic heterocycles. The van der Waals surface area contributed by atoms with Gasteiger partial charge in [0.25, 0.3) is 0 Å². The van der Waals surface area contributed by atoms with Crippen LogP contribution in [0.15, 0.2) is 28.4 Å². The summed E-state index contributed by atoms with van der Waals surface area (Å²) in [5.74, 6) is 0. The van der Waals surface area contributed by atoms with Crippen molar-refractivity contribution in [2.24, 2.45) is 10.2 Å². The Hall–Kier alpha value is -1.18. The predicted molar refractivity (Wildman–Crippen MR) is 66.7 cm³/mol. The summed E-state index contributed by atoms with van der Waals surface area (Å²) >= 11 is 0. The quantitative estimate of drug-likeness (QED) is 0.568. The van der Waals surface area contributed by atoms with Gasteiger partial charge in [-0.05, 0) is 13.0 Å². The molecule has 1 aromatic carbocycles. The lowest BCUT2D eigenvalue weighted by Gasteiger charge is -1.94. The minimum atomic E-state index is 0.761. The van der Waals surface area contributed by atoms with Gasteiger partial charge in [-0.1, -0.05) is 51.8 Å². The van der Waals surface area contributed by atoms with E-state index in [0.29, 0.717) is 0 Å². The van der Waals surface area contributed by atoms with Gasteiger partial charge in [0.05, 0.1) is 12.2 Å². The van der Waals surface area contributed by atoms with Crippen LogP contribution in [0.25, 0.3) is 0 Å². The van der Waals surface area contributed by atoms with E-state index in [9.17, 15) is 0 Å². The second kappa shape index (κ2) is 8.16. The number of nitrogens with zero attached hydrogens (tertiary/aromatic N) is 2. The van der Waals surface area contributed by atoms with Crippen LogP contribution in [-0.2, 0) is 6.54 Å². The summed E-state index contributed by atoms with van der Waals surface area (Å²) in [6.45, 7) is 11.1. The number of fused-ring (bicyclic) bond motifs is 1. The smallest absolute Gasteiger partial charge is 0.0904 e. The number of hydrogen-bond acceptors (Lipinski definition) is 2. The Kier molecular flexibility index (Phi) is 7.51. The molecule has 0 spiro atoms. The van der Waals surface area contributed by atoms with E-state index in [1.165, 1.54) is 17.5 Å². The lowest BCUT2D eigenvalue weighted by molar-refractivity contribution is 1.04. The highest BCUT2D eigenvalue weighted by Crippen LogP contribution is 2.26. The summed E-state index contributed by atoms with van der Waals surface area (Å²) in [4.78, 5) is 0. The number of azo groups is 1. The van der Waals surface area contributed by atoms with Crippen molar-refractivity contribution in [1.82, 2.24) is 0 Å². The van der Waals surface area contributed by atoms with Crippen LogP contribution in [0.4, 0.5) is 5.69 Å². The van der Waals surface area contributed by atoms with Crippen molar-refractivity contribution in [3.8, 4) is 0 Å².